The topological polar surface area (TPSA) is 30.2 Å². The van der Waals surface area contributed by atoms with Crippen LogP contribution in [0.3, 0.4) is 0 Å². The molecule has 0 N–H and O–H groups in total. The summed E-state index contributed by atoms with van der Waals surface area (Å²) < 4.78 is 1.98. The molecule has 0 aliphatic rings. The van der Waals surface area contributed by atoms with E-state index in [-0.39, 0.29) is 0 Å². The fourth-order valence-corrected chi connectivity index (χ4v) is 2.91. The van der Waals surface area contributed by atoms with Crippen LogP contribution in [0, 0.1) is 0 Å². The van der Waals surface area contributed by atoms with Gasteiger partial charge in [-0.05, 0) is 12.8 Å². The average molecular weight is 291 g/mol. The number of hydrogen-bond acceptors (Lipinski definition) is 3. The minimum absolute atomic E-state index is 0.559. The molecule has 0 aliphatic heterocycles. The zero-order valence-corrected chi connectivity index (χ0v) is 13.4. The van der Waals surface area contributed by atoms with Gasteiger partial charge in [0.1, 0.15) is 6.33 Å². The number of unbranched alkanes of at least 4 members (excludes halogenated alkanes) is 4. The highest BCUT2D eigenvalue weighted by Gasteiger charge is 2.14. The number of fused-ring (bicyclic) bond motifs is 1. The second-order valence-electron chi connectivity index (χ2n) is 5.48. The molecule has 3 nitrogen and oxygen atoms in total. The molecule has 2 rings (SSSR count). The van der Waals surface area contributed by atoms with E-state index in [1.807, 2.05) is 4.40 Å². The van der Waals surface area contributed by atoms with E-state index in [2.05, 4.69) is 37.7 Å². The maximum atomic E-state index is 4.75. The smallest absolute Gasteiger partial charge is 0.153 e. The lowest BCUT2D eigenvalue weighted by atomic mass is 9.95. The summed E-state index contributed by atoms with van der Waals surface area (Å²) in [5, 5.41) is 0. The van der Waals surface area contributed by atoms with Crippen LogP contribution in [0.1, 0.15) is 70.4 Å². The second-order valence-corrected chi connectivity index (χ2v) is 5.97. The van der Waals surface area contributed by atoms with Crippen molar-refractivity contribution in [1.82, 2.24) is 14.4 Å². The van der Waals surface area contributed by atoms with E-state index in [0.29, 0.717) is 5.92 Å². The van der Waals surface area contributed by atoms with Gasteiger partial charge in [-0.3, -0.25) is 4.40 Å². The van der Waals surface area contributed by atoms with Gasteiger partial charge in [0.05, 0.1) is 10.6 Å². The van der Waals surface area contributed by atoms with Crippen LogP contribution in [-0.4, -0.2) is 14.4 Å². The number of nitrogens with zero attached hydrogens (tertiary/aromatic N) is 3. The zero-order chi connectivity index (χ0) is 14.4. The van der Waals surface area contributed by atoms with Crippen LogP contribution >= 0.6 is 12.6 Å². The summed E-state index contributed by atoms with van der Waals surface area (Å²) in [7, 11) is 0. The van der Waals surface area contributed by atoms with E-state index in [4.69, 9.17) is 4.98 Å². The number of hydrogen-bond donors (Lipinski definition) is 1. The van der Waals surface area contributed by atoms with Gasteiger partial charge in [0, 0.05) is 18.3 Å². The first-order valence-corrected chi connectivity index (χ1v) is 8.22. The summed E-state index contributed by atoms with van der Waals surface area (Å²) in [5.41, 5.74) is 2.11. The molecule has 2 heterocycles. The van der Waals surface area contributed by atoms with Crippen molar-refractivity contribution in [3.8, 4) is 0 Å². The molecule has 110 valence electrons. The summed E-state index contributed by atoms with van der Waals surface area (Å²) in [6, 6.07) is 0. The van der Waals surface area contributed by atoms with Gasteiger partial charge in [-0.15, -0.1) is 12.6 Å². The predicted octanol–water partition coefficient (Wildman–Crippen LogP) is 4.87. The minimum Gasteiger partial charge on any atom is -0.289 e. The molecule has 0 saturated heterocycles. The largest absolute Gasteiger partial charge is 0.289 e. The second kappa shape index (κ2) is 7.67. The predicted molar refractivity (Wildman–Crippen MR) is 86.6 cm³/mol. The molecular weight excluding hydrogens is 266 g/mol. The SMILES string of the molecule is CCCCCCCC(CC)c1cn2cncc(S)c2n1. The first kappa shape index (κ1) is 15.4. The average Bonchev–Trinajstić information content (AvgIpc) is 2.88. The first-order chi connectivity index (χ1) is 9.76. The van der Waals surface area contributed by atoms with Gasteiger partial charge >= 0.3 is 0 Å². The van der Waals surface area contributed by atoms with Crippen LogP contribution in [0.15, 0.2) is 23.6 Å². The standard InChI is InChI=1S/C16H25N3S/c1-3-5-6-7-8-9-13(4-2)14-11-19-12-17-10-15(20)16(19)18-14/h10-13,20H,3-9H2,1-2H3. The highest BCUT2D eigenvalue weighted by Crippen LogP contribution is 2.26. The third-order valence-electron chi connectivity index (χ3n) is 3.94. The fraction of sp³-hybridized carbons (Fsp3) is 0.625. The maximum Gasteiger partial charge on any atom is 0.153 e. The molecular formula is C16H25N3S. The number of imidazole rings is 1. The summed E-state index contributed by atoms with van der Waals surface area (Å²) in [6.07, 6.45) is 14.7. The van der Waals surface area contributed by atoms with E-state index in [0.717, 1.165) is 17.0 Å². The van der Waals surface area contributed by atoms with Crippen LogP contribution in [0.25, 0.3) is 5.65 Å². The van der Waals surface area contributed by atoms with E-state index >= 15 is 0 Å². The Bertz CT molecular complexity index is 536. The van der Waals surface area contributed by atoms with Crippen LogP contribution in [-0.2, 0) is 0 Å². The van der Waals surface area contributed by atoms with Crippen molar-refractivity contribution < 1.29 is 0 Å². The lowest BCUT2D eigenvalue weighted by Gasteiger charge is -2.11. The molecule has 1 unspecified atom stereocenters. The van der Waals surface area contributed by atoms with Crippen molar-refractivity contribution in [2.75, 3.05) is 0 Å². The Kier molecular flexibility index (Phi) is 5.89. The van der Waals surface area contributed by atoms with E-state index < -0.39 is 0 Å². The zero-order valence-electron chi connectivity index (χ0n) is 12.5. The van der Waals surface area contributed by atoms with Gasteiger partial charge in [-0.25, -0.2) is 9.97 Å². The molecule has 0 aliphatic carbocycles. The van der Waals surface area contributed by atoms with Gasteiger partial charge in [0.25, 0.3) is 0 Å². The Morgan fingerprint density at radius 3 is 2.70 bits per heavy atom. The first-order valence-electron chi connectivity index (χ1n) is 7.77. The lowest BCUT2D eigenvalue weighted by molar-refractivity contribution is 0.528. The minimum atomic E-state index is 0.559. The van der Waals surface area contributed by atoms with Gasteiger partial charge in [0.15, 0.2) is 5.65 Å². The summed E-state index contributed by atoms with van der Waals surface area (Å²) in [4.78, 5) is 9.74. The van der Waals surface area contributed by atoms with Crippen molar-refractivity contribution in [2.24, 2.45) is 0 Å². The Balaban J connectivity index is 2.00. The van der Waals surface area contributed by atoms with Crippen molar-refractivity contribution in [1.29, 1.82) is 0 Å². The van der Waals surface area contributed by atoms with Gasteiger partial charge in [-0.1, -0.05) is 46.0 Å². The number of aromatic nitrogens is 3. The third-order valence-corrected chi connectivity index (χ3v) is 4.25. The molecule has 4 heteroatoms. The maximum absolute atomic E-state index is 4.75. The fourth-order valence-electron chi connectivity index (χ4n) is 2.68. The lowest BCUT2D eigenvalue weighted by Crippen LogP contribution is -1.98. The normalized spacial score (nSPS) is 12.9. The molecule has 0 aromatic carbocycles. The van der Waals surface area contributed by atoms with Crippen LogP contribution in [0.5, 0.6) is 0 Å². The van der Waals surface area contributed by atoms with E-state index in [1.54, 1.807) is 12.5 Å². The monoisotopic (exact) mass is 291 g/mol. The quantitative estimate of drug-likeness (QED) is 0.555. The molecule has 0 spiro atoms. The van der Waals surface area contributed by atoms with Crippen molar-refractivity contribution in [2.45, 2.75) is 69.6 Å². The molecule has 0 fully saturated rings. The molecule has 20 heavy (non-hydrogen) atoms. The molecule has 2 aromatic heterocycles. The van der Waals surface area contributed by atoms with Gasteiger partial charge < -0.3 is 0 Å². The van der Waals surface area contributed by atoms with Gasteiger partial charge in [0.2, 0.25) is 0 Å². The highest BCUT2D eigenvalue weighted by molar-refractivity contribution is 7.80. The summed E-state index contributed by atoms with van der Waals surface area (Å²) >= 11 is 4.42. The number of thiol groups is 1. The Labute approximate surface area is 127 Å². The van der Waals surface area contributed by atoms with Gasteiger partial charge in [-0.2, -0.15) is 0 Å². The Morgan fingerprint density at radius 1 is 1.20 bits per heavy atom. The molecule has 0 radical (unpaired) electrons. The Morgan fingerprint density at radius 2 is 2.00 bits per heavy atom. The van der Waals surface area contributed by atoms with Crippen molar-refractivity contribution in [3.63, 3.8) is 0 Å². The summed E-state index contributed by atoms with van der Waals surface area (Å²) in [6.45, 7) is 4.51. The molecule has 2 aromatic rings. The van der Waals surface area contributed by atoms with Crippen molar-refractivity contribution in [3.05, 3.63) is 24.4 Å². The summed E-state index contributed by atoms with van der Waals surface area (Å²) in [5.74, 6) is 0.559. The van der Waals surface area contributed by atoms with E-state index in [1.165, 1.54) is 44.2 Å². The molecule has 0 bridgehead atoms. The molecule has 1 atom stereocenters. The Hall–Kier alpha value is -1.03. The number of rotatable bonds is 8. The molecule has 0 amide bonds. The third kappa shape index (κ3) is 3.75. The van der Waals surface area contributed by atoms with Crippen LogP contribution in [0.2, 0.25) is 0 Å². The van der Waals surface area contributed by atoms with Crippen LogP contribution in [0.4, 0.5) is 0 Å². The highest BCUT2D eigenvalue weighted by atomic mass is 32.1. The van der Waals surface area contributed by atoms with E-state index in [9.17, 15) is 0 Å². The van der Waals surface area contributed by atoms with Crippen LogP contribution < -0.4 is 0 Å². The van der Waals surface area contributed by atoms with Crippen molar-refractivity contribution >= 4 is 18.3 Å². The molecule has 0 saturated carbocycles.